The van der Waals surface area contributed by atoms with E-state index in [1.807, 2.05) is 0 Å². The lowest BCUT2D eigenvalue weighted by Gasteiger charge is -2.13. The lowest BCUT2D eigenvalue weighted by atomic mass is 10.0. The fraction of sp³-hybridized carbons (Fsp3) is 0.833. The monoisotopic (exact) mass is 191 g/mol. The first-order valence-electron chi connectivity index (χ1n) is 2.90. The fourth-order valence-corrected chi connectivity index (χ4v) is 1.50. The first kappa shape index (κ1) is 9.01. The molecule has 0 nitrogen and oxygen atoms in total. The first-order chi connectivity index (χ1) is 3.39. The Bertz CT molecular complexity index is 50.5. The second kappa shape index (κ2) is 4.85. The van der Waals surface area contributed by atoms with Crippen LogP contribution in [0.25, 0.3) is 0 Å². The summed E-state index contributed by atoms with van der Waals surface area (Å²) in [7, 11) is 0. The maximum atomic E-state index is 3.50. The lowest BCUT2D eigenvalue weighted by molar-refractivity contribution is 0.582. The lowest BCUT2D eigenvalue weighted by Crippen LogP contribution is -1.94. The molecule has 0 heterocycles. The van der Waals surface area contributed by atoms with Gasteiger partial charge in [-0.2, -0.15) is 0 Å². The highest BCUT2D eigenvalue weighted by atomic mass is 79.9. The molecule has 0 bridgehead atoms. The molecule has 1 rings (SSSR count). The third-order valence-corrected chi connectivity index (χ3v) is 2.19. The van der Waals surface area contributed by atoms with Gasteiger partial charge in [-0.25, -0.2) is 0 Å². The molecule has 0 aromatic rings. The van der Waals surface area contributed by atoms with Crippen LogP contribution in [-0.2, 0) is 0 Å². The van der Waals surface area contributed by atoms with Gasteiger partial charge in [0.15, 0.2) is 17.4 Å². The summed E-state index contributed by atoms with van der Waals surface area (Å²) in [5.74, 6) is 0. The minimum atomic E-state index is 0. The standard InChI is InChI=1S/C6H10Br.Al.3H/c7-6-4-2-1-3-5-6;;;;/h1-5H2;;;;. The van der Waals surface area contributed by atoms with Crippen molar-refractivity contribution in [3.8, 4) is 0 Å². The topological polar surface area (TPSA) is 0 Å². The van der Waals surface area contributed by atoms with Crippen molar-refractivity contribution in [2.24, 2.45) is 0 Å². The molecular weight excluding hydrogens is 179 g/mol. The molecule has 0 saturated heterocycles. The van der Waals surface area contributed by atoms with E-state index >= 15 is 0 Å². The Labute approximate surface area is 70.3 Å². The van der Waals surface area contributed by atoms with Crippen LogP contribution in [0.5, 0.6) is 0 Å². The molecule has 47 valence electrons. The molecule has 0 aromatic heterocycles. The van der Waals surface area contributed by atoms with E-state index in [0.29, 0.717) is 0 Å². The van der Waals surface area contributed by atoms with Crippen LogP contribution in [0.4, 0.5) is 0 Å². The summed E-state index contributed by atoms with van der Waals surface area (Å²) in [6.45, 7) is 0. The zero-order valence-corrected chi connectivity index (χ0v) is 6.00. The smallest absolute Gasteiger partial charge is 0.0838 e. The van der Waals surface area contributed by atoms with E-state index in [2.05, 4.69) is 15.9 Å². The highest BCUT2D eigenvalue weighted by Crippen LogP contribution is 2.29. The van der Waals surface area contributed by atoms with Gasteiger partial charge in [-0.3, -0.25) is 0 Å². The molecule has 1 aliphatic rings. The Morgan fingerprint density at radius 2 is 1.50 bits per heavy atom. The van der Waals surface area contributed by atoms with E-state index in [1.165, 1.54) is 36.9 Å². The molecule has 0 aliphatic heterocycles. The Kier molecular flexibility index (Phi) is 5.46. The molecule has 0 unspecified atom stereocenters. The zero-order valence-electron chi connectivity index (χ0n) is 4.41. The maximum absolute atomic E-state index is 3.50. The zero-order chi connectivity index (χ0) is 5.11. The number of hydrogen-bond acceptors (Lipinski definition) is 0. The van der Waals surface area contributed by atoms with Crippen LogP contribution in [0, 0.1) is 4.83 Å². The summed E-state index contributed by atoms with van der Waals surface area (Å²) in [5, 5.41) is 0. The Balaban J connectivity index is 0.000000490. The summed E-state index contributed by atoms with van der Waals surface area (Å²) >= 11 is 3.50. The van der Waals surface area contributed by atoms with Gasteiger partial charge in [-0.1, -0.05) is 35.2 Å². The van der Waals surface area contributed by atoms with Crippen molar-refractivity contribution >= 4 is 33.3 Å². The number of hydrogen-bond donors (Lipinski definition) is 0. The van der Waals surface area contributed by atoms with E-state index in [4.69, 9.17) is 0 Å². The largest absolute Gasteiger partial charge is 0.187 e. The molecule has 1 radical (unpaired) electrons. The van der Waals surface area contributed by atoms with Gasteiger partial charge in [0.25, 0.3) is 0 Å². The average molecular weight is 192 g/mol. The second-order valence-electron chi connectivity index (χ2n) is 2.08. The summed E-state index contributed by atoms with van der Waals surface area (Å²) in [6.07, 6.45) is 6.89. The van der Waals surface area contributed by atoms with E-state index in [9.17, 15) is 0 Å². The molecule has 0 N–H and O–H groups in total. The van der Waals surface area contributed by atoms with Crippen LogP contribution < -0.4 is 0 Å². The van der Waals surface area contributed by atoms with Crippen molar-refractivity contribution in [2.75, 3.05) is 0 Å². The van der Waals surface area contributed by atoms with Gasteiger partial charge >= 0.3 is 0 Å². The van der Waals surface area contributed by atoms with Crippen molar-refractivity contribution in [1.29, 1.82) is 0 Å². The quantitative estimate of drug-likeness (QED) is 0.512. The van der Waals surface area contributed by atoms with Crippen molar-refractivity contribution in [3.63, 3.8) is 0 Å². The van der Waals surface area contributed by atoms with Crippen LogP contribution in [-0.4, -0.2) is 17.4 Å². The highest BCUT2D eigenvalue weighted by Gasteiger charge is 2.08. The van der Waals surface area contributed by atoms with E-state index < -0.39 is 0 Å². The van der Waals surface area contributed by atoms with Crippen LogP contribution in [0.2, 0.25) is 0 Å². The van der Waals surface area contributed by atoms with Crippen LogP contribution >= 0.6 is 15.9 Å². The van der Waals surface area contributed by atoms with Crippen molar-refractivity contribution in [1.82, 2.24) is 0 Å². The predicted molar refractivity (Wildman–Crippen MR) is 45.2 cm³/mol. The van der Waals surface area contributed by atoms with Crippen LogP contribution in [0.3, 0.4) is 0 Å². The Morgan fingerprint density at radius 3 is 1.75 bits per heavy atom. The van der Waals surface area contributed by atoms with Gasteiger partial charge in [0.05, 0.1) is 0 Å². The maximum Gasteiger partial charge on any atom is 0.187 e. The van der Waals surface area contributed by atoms with Gasteiger partial charge in [-0.05, 0) is 12.8 Å². The van der Waals surface area contributed by atoms with Gasteiger partial charge in [0, 0.05) is 4.83 Å². The average Bonchev–Trinajstić information content (AvgIpc) is 1.69. The predicted octanol–water partition coefficient (Wildman–Crippen LogP) is 1.69. The molecule has 0 amide bonds. The van der Waals surface area contributed by atoms with Crippen molar-refractivity contribution in [3.05, 3.63) is 4.83 Å². The third-order valence-electron chi connectivity index (χ3n) is 1.40. The molecule has 1 aliphatic carbocycles. The Hall–Kier alpha value is 1.01. The van der Waals surface area contributed by atoms with Crippen LogP contribution in [0.1, 0.15) is 32.1 Å². The highest BCUT2D eigenvalue weighted by molar-refractivity contribution is 9.11. The van der Waals surface area contributed by atoms with Gasteiger partial charge in [0.1, 0.15) is 0 Å². The van der Waals surface area contributed by atoms with Crippen molar-refractivity contribution < 1.29 is 0 Å². The third kappa shape index (κ3) is 3.12. The molecule has 8 heavy (non-hydrogen) atoms. The molecule has 0 spiro atoms. The summed E-state index contributed by atoms with van der Waals surface area (Å²) < 4.78 is 0. The number of halogens is 1. The first-order valence-corrected chi connectivity index (χ1v) is 3.69. The second-order valence-corrected chi connectivity index (χ2v) is 3.20. The Morgan fingerprint density at radius 1 is 1.00 bits per heavy atom. The van der Waals surface area contributed by atoms with E-state index in [-0.39, 0.29) is 17.4 Å². The van der Waals surface area contributed by atoms with Gasteiger partial charge < -0.3 is 0 Å². The normalized spacial score (nSPS) is 22.1. The summed E-state index contributed by atoms with van der Waals surface area (Å²) in [6, 6.07) is 0. The summed E-state index contributed by atoms with van der Waals surface area (Å²) in [5.41, 5.74) is 0. The molecular formula is C6H13AlBr. The molecule has 1 saturated carbocycles. The molecule has 0 aromatic carbocycles. The fourth-order valence-electron chi connectivity index (χ4n) is 0.935. The van der Waals surface area contributed by atoms with Crippen molar-refractivity contribution in [2.45, 2.75) is 32.1 Å². The van der Waals surface area contributed by atoms with Gasteiger partial charge in [0.2, 0.25) is 0 Å². The minimum absolute atomic E-state index is 0. The SMILES string of the molecule is Br[C]1CCCCC1.[AlH3]. The van der Waals surface area contributed by atoms with Gasteiger partial charge in [-0.15, -0.1) is 0 Å². The van der Waals surface area contributed by atoms with E-state index in [1.54, 1.807) is 0 Å². The minimum Gasteiger partial charge on any atom is -0.0838 e. The number of rotatable bonds is 0. The van der Waals surface area contributed by atoms with E-state index in [0.717, 1.165) is 0 Å². The molecule has 0 atom stereocenters. The molecule has 1 fully saturated rings. The van der Waals surface area contributed by atoms with Crippen LogP contribution in [0.15, 0.2) is 0 Å². The molecule has 2 heteroatoms. The summed E-state index contributed by atoms with van der Waals surface area (Å²) in [4.78, 5) is 1.53.